The molecule has 0 spiro atoms. The van der Waals surface area contributed by atoms with Gasteiger partial charge in [-0.15, -0.1) is 11.3 Å². The summed E-state index contributed by atoms with van der Waals surface area (Å²) in [5, 5.41) is 13.2. The zero-order valence-electron chi connectivity index (χ0n) is 9.53. The molecule has 0 aromatic carbocycles. The summed E-state index contributed by atoms with van der Waals surface area (Å²) in [6.07, 6.45) is 1.89. The molecule has 1 heterocycles. The lowest BCUT2D eigenvalue weighted by molar-refractivity contribution is 0.155. The molecule has 4 nitrogen and oxygen atoms in total. The zero-order valence-corrected chi connectivity index (χ0v) is 10.3. The Hall–Kier alpha value is -0.650. The van der Waals surface area contributed by atoms with Gasteiger partial charge in [-0.05, 0) is 20.9 Å². The maximum Gasteiger partial charge on any atom is 0.182 e. The van der Waals surface area contributed by atoms with Crippen molar-refractivity contribution < 1.29 is 5.11 Å². The van der Waals surface area contributed by atoms with E-state index in [0.717, 1.165) is 18.2 Å². The Kier molecular flexibility index (Phi) is 5.01. The van der Waals surface area contributed by atoms with E-state index < -0.39 is 0 Å². The molecule has 1 rings (SSSR count). The minimum atomic E-state index is 0.190. The number of likely N-dealkylation sites (N-methyl/N-ethyl adjacent to an activating group) is 1. The molecule has 0 aliphatic carbocycles. The second kappa shape index (κ2) is 6.05. The summed E-state index contributed by atoms with van der Waals surface area (Å²) < 4.78 is 0. The van der Waals surface area contributed by atoms with Gasteiger partial charge in [-0.25, -0.2) is 4.98 Å². The molecule has 1 atom stereocenters. The van der Waals surface area contributed by atoms with Crippen molar-refractivity contribution in [3.8, 4) is 0 Å². The second-order valence-electron chi connectivity index (χ2n) is 3.61. The molecule has 1 aromatic heterocycles. The van der Waals surface area contributed by atoms with E-state index in [2.05, 4.69) is 22.1 Å². The van der Waals surface area contributed by atoms with E-state index in [0.29, 0.717) is 0 Å². The average molecular weight is 229 g/mol. The van der Waals surface area contributed by atoms with Gasteiger partial charge in [0.05, 0.1) is 6.61 Å². The highest BCUT2D eigenvalue weighted by Gasteiger charge is 2.10. The number of thiazole rings is 1. The molecule has 1 aromatic rings. The number of aliphatic hydroxyl groups is 1. The maximum absolute atomic E-state index is 9.01. The Morgan fingerprint density at radius 1 is 1.67 bits per heavy atom. The Labute approximate surface area is 94.9 Å². The van der Waals surface area contributed by atoms with E-state index in [1.807, 2.05) is 20.2 Å². The second-order valence-corrected chi connectivity index (χ2v) is 4.72. The monoisotopic (exact) mass is 229 g/mol. The number of hydrogen-bond donors (Lipinski definition) is 2. The highest BCUT2D eigenvalue weighted by molar-refractivity contribution is 7.15. The van der Waals surface area contributed by atoms with Crippen molar-refractivity contribution in [1.29, 1.82) is 0 Å². The lowest BCUT2D eigenvalue weighted by Gasteiger charge is -2.21. The third-order valence-corrected chi connectivity index (χ3v) is 3.24. The van der Waals surface area contributed by atoms with Gasteiger partial charge in [-0.1, -0.05) is 0 Å². The Morgan fingerprint density at radius 3 is 3.00 bits per heavy atom. The molecule has 15 heavy (non-hydrogen) atoms. The third kappa shape index (κ3) is 3.77. The van der Waals surface area contributed by atoms with Gasteiger partial charge in [0.2, 0.25) is 0 Å². The van der Waals surface area contributed by atoms with Crippen LogP contribution < -0.4 is 5.32 Å². The number of aromatic nitrogens is 1. The van der Waals surface area contributed by atoms with Crippen LogP contribution in [0.2, 0.25) is 0 Å². The summed E-state index contributed by atoms with van der Waals surface area (Å²) in [6, 6.07) is 0.190. The van der Waals surface area contributed by atoms with E-state index in [1.54, 1.807) is 11.3 Å². The van der Waals surface area contributed by atoms with Gasteiger partial charge in [0.25, 0.3) is 0 Å². The van der Waals surface area contributed by atoms with Crippen LogP contribution in [0.1, 0.15) is 18.7 Å². The highest BCUT2D eigenvalue weighted by Crippen LogP contribution is 2.19. The standard InChI is InChI=1S/C10H19N3OS/c1-4-11-10-12-5-9(15-10)6-13(3)8(2)7-14/h5,8,14H,4,6-7H2,1-3H3,(H,11,12). The van der Waals surface area contributed by atoms with Crippen molar-refractivity contribution in [2.45, 2.75) is 26.4 Å². The smallest absolute Gasteiger partial charge is 0.182 e. The normalized spacial score (nSPS) is 13.1. The van der Waals surface area contributed by atoms with Crippen LogP contribution in [-0.2, 0) is 6.54 Å². The molecule has 0 aliphatic rings. The number of aliphatic hydroxyl groups excluding tert-OH is 1. The van der Waals surface area contributed by atoms with E-state index in [-0.39, 0.29) is 12.6 Å². The molecule has 0 bridgehead atoms. The first kappa shape index (κ1) is 12.4. The largest absolute Gasteiger partial charge is 0.395 e. The van der Waals surface area contributed by atoms with Gasteiger partial charge < -0.3 is 10.4 Å². The van der Waals surface area contributed by atoms with Gasteiger partial charge in [-0.2, -0.15) is 0 Å². The fourth-order valence-electron chi connectivity index (χ4n) is 1.15. The molecule has 0 radical (unpaired) electrons. The first-order chi connectivity index (χ1) is 7.17. The summed E-state index contributed by atoms with van der Waals surface area (Å²) >= 11 is 1.67. The van der Waals surface area contributed by atoms with Crippen molar-refractivity contribution in [3.05, 3.63) is 11.1 Å². The van der Waals surface area contributed by atoms with Crippen molar-refractivity contribution in [2.24, 2.45) is 0 Å². The van der Waals surface area contributed by atoms with E-state index in [4.69, 9.17) is 5.11 Å². The molecule has 86 valence electrons. The molecular weight excluding hydrogens is 210 g/mol. The fourth-order valence-corrected chi connectivity index (χ4v) is 2.10. The maximum atomic E-state index is 9.01. The fraction of sp³-hybridized carbons (Fsp3) is 0.700. The number of anilines is 1. The molecule has 0 aliphatic heterocycles. The van der Waals surface area contributed by atoms with Crippen molar-refractivity contribution in [3.63, 3.8) is 0 Å². The zero-order chi connectivity index (χ0) is 11.3. The number of nitrogens with zero attached hydrogens (tertiary/aromatic N) is 2. The van der Waals surface area contributed by atoms with Crippen molar-refractivity contribution >= 4 is 16.5 Å². The van der Waals surface area contributed by atoms with Crippen LogP contribution in [-0.4, -0.2) is 41.2 Å². The van der Waals surface area contributed by atoms with Crippen LogP contribution in [0.3, 0.4) is 0 Å². The Balaban J connectivity index is 2.49. The highest BCUT2D eigenvalue weighted by atomic mass is 32.1. The first-order valence-electron chi connectivity index (χ1n) is 5.17. The van der Waals surface area contributed by atoms with Crippen LogP contribution in [0.5, 0.6) is 0 Å². The number of nitrogens with one attached hydrogen (secondary N) is 1. The van der Waals surface area contributed by atoms with Crippen LogP contribution in [0.25, 0.3) is 0 Å². The quantitative estimate of drug-likeness (QED) is 0.774. The average Bonchev–Trinajstić information content (AvgIpc) is 2.65. The van der Waals surface area contributed by atoms with Crippen LogP contribution >= 0.6 is 11.3 Å². The Morgan fingerprint density at radius 2 is 2.40 bits per heavy atom. The minimum Gasteiger partial charge on any atom is -0.395 e. The van der Waals surface area contributed by atoms with E-state index >= 15 is 0 Å². The van der Waals surface area contributed by atoms with E-state index in [9.17, 15) is 0 Å². The SMILES string of the molecule is CCNc1ncc(CN(C)C(C)CO)s1. The summed E-state index contributed by atoms with van der Waals surface area (Å²) in [5.41, 5.74) is 0. The molecule has 1 unspecified atom stereocenters. The van der Waals surface area contributed by atoms with Crippen LogP contribution in [0, 0.1) is 0 Å². The third-order valence-electron chi connectivity index (χ3n) is 2.30. The van der Waals surface area contributed by atoms with Gasteiger partial charge in [0, 0.05) is 30.2 Å². The lowest BCUT2D eigenvalue weighted by Crippen LogP contribution is -2.31. The summed E-state index contributed by atoms with van der Waals surface area (Å²) in [6.45, 7) is 5.99. The molecule has 0 amide bonds. The molecular formula is C10H19N3OS. The first-order valence-corrected chi connectivity index (χ1v) is 5.98. The Bertz CT molecular complexity index is 290. The number of rotatable bonds is 6. The van der Waals surface area contributed by atoms with Gasteiger partial charge in [0.1, 0.15) is 0 Å². The molecule has 0 saturated carbocycles. The van der Waals surface area contributed by atoms with Gasteiger partial charge >= 0.3 is 0 Å². The van der Waals surface area contributed by atoms with Crippen LogP contribution in [0.4, 0.5) is 5.13 Å². The summed E-state index contributed by atoms with van der Waals surface area (Å²) in [7, 11) is 2.01. The molecule has 0 saturated heterocycles. The van der Waals surface area contributed by atoms with Crippen molar-refractivity contribution in [1.82, 2.24) is 9.88 Å². The number of hydrogen-bond acceptors (Lipinski definition) is 5. The molecule has 2 N–H and O–H groups in total. The summed E-state index contributed by atoms with van der Waals surface area (Å²) in [4.78, 5) is 7.59. The van der Waals surface area contributed by atoms with E-state index in [1.165, 1.54) is 4.88 Å². The topological polar surface area (TPSA) is 48.4 Å². The predicted molar refractivity (Wildman–Crippen MR) is 64.3 cm³/mol. The minimum absolute atomic E-state index is 0.190. The van der Waals surface area contributed by atoms with Gasteiger partial charge in [0.15, 0.2) is 5.13 Å². The van der Waals surface area contributed by atoms with Crippen molar-refractivity contribution in [2.75, 3.05) is 25.5 Å². The predicted octanol–water partition coefficient (Wildman–Crippen LogP) is 1.39. The van der Waals surface area contributed by atoms with Gasteiger partial charge in [-0.3, -0.25) is 4.90 Å². The lowest BCUT2D eigenvalue weighted by atomic mass is 10.3. The molecule has 5 heteroatoms. The van der Waals surface area contributed by atoms with Crippen LogP contribution in [0.15, 0.2) is 6.20 Å². The summed E-state index contributed by atoms with van der Waals surface area (Å²) in [5.74, 6) is 0. The molecule has 0 fully saturated rings.